The maximum Gasteiger partial charge on any atom is 0.407 e. The van der Waals surface area contributed by atoms with Gasteiger partial charge in [0, 0.05) is 45.2 Å². The Balaban J connectivity index is 1.18. The summed E-state index contributed by atoms with van der Waals surface area (Å²) in [5.74, 6) is 2.01. The number of ether oxygens (including phenoxy) is 1. The molecule has 3 aromatic heterocycles. The number of fused-ring (bicyclic) bond motifs is 2. The summed E-state index contributed by atoms with van der Waals surface area (Å²) in [6.45, 7) is 2.92. The Bertz CT molecular complexity index is 1550. The van der Waals surface area contributed by atoms with Gasteiger partial charge in [0.25, 0.3) is 0 Å². The molecule has 4 aromatic rings. The van der Waals surface area contributed by atoms with E-state index in [1.165, 1.54) is 4.90 Å². The van der Waals surface area contributed by atoms with Crippen LogP contribution in [0.5, 0.6) is 0 Å². The molecule has 7 rings (SSSR count). The van der Waals surface area contributed by atoms with Gasteiger partial charge in [0.15, 0.2) is 15.6 Å². The van der Waals surface area contributed by atoms with Crippen LogP contribution < -0.4 is 4.90 Å². The molecule has 1 aliphatic carbocycles. The van der Waals surface area contributed by atoms with Crippen LogP contribution in [0.1, 0.15) is 43.3 Å². The number of benzene rings is 1. The van der Waals surface area contributed by atoms with Crippen molar-refractivity contribution in [2.24, 2.45) is 11.8 Å². The number of halogens is 1. The average Bonchev–Trinajstić information content (AvgIpc) is 3.54. The minimum atomic E-state index is -0.936. The van der Waals surface area contributed by atoms with Gasteiger partial charge in [-0.1, -0.05) is 30.3 Å². The zero-order valence-corrected chi connectivity index (χ0v) is 24.7. The lowest BCUT2D eigenvalue weighted by Crippen LogP contribution is -2.39. The lowest BCUT2D eigenvalue weighted by atomic mass is 9.98. The zero-order valence-electron chi connectivity index (χ0n) is 22.5. The maximum absolute atomic E-state index is 12.5. The van der Waals surface area contributed by atoms with Crippen LogP contribution in [0.2, 0.25) is 0 Å². The smallest absolute Gasteiger partial charge is 0.407 e. The number of hydrogen-bond donors (Lipinski definition) is 1. The molecule has 11 nitrogen and oxygen atoms in total. The van der Waals surface area contributed by atoms with E-state index in [0.717, 1.165) is 77.4 Å². The van der Waals surface area contributed by atoms with Gasteiger partial charge in [0.05, 0.1) is 11.6 Å². The number of amides is 1. The molecule has 3 aliphatic rings. The van der Waals surface area contributed by atoms with E-state index in [1.54, 1.807) is 18.5 Å². The number of anilines is 1. The minimum absolute atomic E-state index is 0.122. The van der Waals surface area contributed by atoms with E-state index in [0.29, 0.717) is 13.1 Å². The number of piperidine rings is 1. The minimum Gasteiger partial charge on any atom is -0.465 e. The standard InChI is InChI=1S/C29H31IN8O3/c30-25-24-26(38(35-25)23-9-4-5-14-41-23)34-22(15-33-24)36-13-10-20-21(17-36)29(20,27-31-11-6-12-32-27)18-37(28(39)40)16-19-7-2-1-3-8-19/h1-3,6-8,11-12,15,20-21,23H,4-5,9-10,13-14,16-18H2,(H,39,40). The van der Waals surface area contributed by atoms with Gasteiger partial charge in [-0.25, -0.2) is 29.4 Å². The van der Waals surface area contributed by atoms with Crippen molar-refractivity contribution in [3.63, 3.8) is 0 Å². The molecule has 2 saturated heterocycles. The van der Waals surface area contributed by atoms with E-state index in [4.69, 9.17) is 19.8 Å². The first-order valence-electron chi connectivity index (χ1n) is 14.1. The Kier molecular flexibility index (Phi) is 6.97. The van der Waals surface area contributed by atoms with Crippen molar-refractivity contribution < 1.29 is 14.6 Å². The second kappa shape index (κ2) is 10.8. The van der Waals surface area contributed by atoms with Gasteiger partial charge in [-0.15, -0.1) is 0 Å². The fraction of sp³-hybridized carbons (Fsp3) is 0.448. The van der Waals surface area contributed by atoms with Gasteiger partial charge in [0.1, 0.15) is 17.2 Å². The highest BCUT2D eigenvalue weighted by molar-refractivity contribution is 14.1. The molecule has 12 heteroatoms. The molecular weight excluding hydrogens is 635 g/mol. The predicted octanol–water partition coefficient (Wildman–Crippen LogP) is 4.49. The average molecular weight is 667 g/mol. The Morgan fingerprint density at radius 1 is 1.10 bits per heavy atom. The fourth-order valence-corrected chi connectivity index (χ4v) is 7.42. The summed E-state index contributed by atoms with van der Waals surface area (Å²) in [6, 6.07) is 11.5. The topological polar surface area (TPSA) is 122 Å². The second-order valence-corrected chi connectivity index (χ2v) is 12.2. The highest BCUT2D eigenvalue weighted by Gasteiger charge is 2.69. The zero-order chi connectivity index (χ0) is 28.0. The van der Waals surface area contributed by atoms with E-state index in [9.17, 15) is 9.90 Å². The quantitative estimate of drug-likeness (QED) is 0.285. The molecule has 4 unspecified atom stereocenters. The number of carboxylic acid groups (broad SMARTS) is 1. The molecule has 4 atom stereocenters. The molecule has 0 spiro atoms. The Morgan fingerprint density at radius 2 is 1.93 bits per heavy atom. The highest BCUT2D eigenvalue weighted by Crippen LogP contribution is 2.63. The largest absolute Gasteiger partial charge is 0.465 e. The molecule has 0 radical (unpaired) electrons. The van der Waals surface area contributed by atoms with Crippen LogP contribution in [0.4, 0.5) is 10.6 Å². The van der Waals surface area contributed by atoms with Crippen LogP contribution >= 0.6 is 22.6 Å². The lowest BCUT2D eigenvalue weighted by Gasteiger charge is -2.28. The predicted molar refractivity (Wildman–Crippen MR) is 159 cm³/mol. The second-order valence-electron chi connectivity index (χ2n) is 11.1. The van der Waals surface area contributed by atoms with Crippen LogP contribution in [0.25, 0.3) is 11.2 Å². The molecule has 5 heterocycles. The first-order chi connectivity index (χ1) is 20.0. The lowest BCUT2D eigenvalue weighted by molar-refractivity contribution is -0.0372. The Labute approximate surface area is 251 Å². The first-order valence-corrected chi connectivity index (χ1v) is 15.2. The van der Waals surface area contributed by atoms with Gasteiger partial charge < -0.3 is 19.6 Å². The van der Waals surface area contributed by atoms with E-state index in [2.05, 4.69) is 37.5 Å². The number of rotatable bonds is 7. The first kappa shape index (κ1) is 26.5. The van der Waals surface area contributed by atoms with Crippen molar-refractivity contribution >= 4 is 45.7 Å². The molecular formula is C29H31IN8O3. The van der Waals surface area contributed by atoms with Gasteiger partial charge in [-0.2, -0.15) is 5.10 Å². The highest BCUT2D eigenvalue weighted by atomic mass is 127. The summed E-state index contributed by atoms with van der Waals surface area (Å²) in [5, 5.41) is 14.9. The molecule has 212 valence electrons. The molecule has 0 bridgehead atoms. The maximum atomic E-state index is 12.5. The number of nitrogens with zero attached hydrogens (tertiary/aromatic N) is 8. The van der Waals surface area contributed by atoms with Crippen molar-refractivity contribution in [1.29, 1.82) is 0 Å². The van der Waals surface area contributed by atoms with Crippen molar-refractivity contribution in [3.05, 3.63) is 70.1 Å². The van der Waals surface area contributed by atoms with Crippen molar-refractivity contribution in [2.45, 2.75) is 43.9 Å². The van der Waals surface area contributed by atoms with E-state index < -0.39 is 11.5 Å². The Morgan fingerprint density at radius 3 is 2.68 bits per heavy atom. The Hall–Kier alpha value is -3.39. The summed E-state index contributed by atoms with van der Waals surface area (Å²) < 4.78 is 8.73. The fourth-order valence-electron chi connectivity index (χ4n) is 6.81. The monoisotopic (exact) mass is 666 g/mol. The van der Waals surface area contributed by atoms with Crippen LogP contribution in [0.15, 0.2) is 55.0 Å². The summed E-state index contributed by atoms with van der Waals surface area (Å²) >= 11 is 2.22. The molecule has 1 N–H and O–H groups in total. The van der Waals surface area contributed by atoms with Crippen molar-refractivity contribution in [1.82, 2.24) is 34.6 Å². The molecule has 41 heavy (non-hydrogen) atoms. The molecule has 2 aliphatic heterocycles. The van der Waals surface area contributed by atoms with Gasteiger partial charge in [-0.05, 0) is 71.7 Å². The van der Waals surface area contributed by atoms with Crippen LogP contribution in [0, 0.1) is 15.5 Å². The SMILES string of the molecule is O=C(O)N(Cc1ccccc1)CC1(c2ncccn2)C2CCN(c3cnc4c(I)nn(C5CCCCO5)c4n3)CC21. The van der Waals surface area contributed by atoms with Gasteiger partial charge >= 0.3 is 6.09 Å². The summed E-state index contributed by atoms with van der Waals surface area (Å²) in [5.41, 5.74) is 2.04. The van der Waals surface area contributed by atoms with Crippen molar-refractivity contribution in [2.75, 3.05) is 31.1 Å². The van der Waals surface area contributed by atoms with Crippen LogP contribution in [-0.2, 0) is 16.7 Å². The van der Waals surface area contributed by atoms with Gasteiger partial charge in [-0.3, -0.25) is 0 Å². The molecule has 1 amide bonds. The van der Waals surface area contributed by atoms with E-state index in [-0.39, 0.29) is 18.1 Å². The van der Waals surface area contributed by atoms with E-state index in [1.807, 2.05) is 41.2 Å². The summed E-state index contributed by atoms with van der Waals surface area (Å²) in [7, 11) is 0. The summed E-state index contributed by atoms with van der Waals surface area (Å²) in [6.07, 6.45) is 8.26. The normalized spacial score (nSPS) is 25.6. The molecule has 3 fully saturated rings. The molecule has 1 aromatic carbocycles. The number of hydrogen-bond acceptors (Lipinski definition) is 8. The van der Waals surface area contributed by atoms with E-state index >= 15 is 0 Å². The third-order valence-corrected chi connectivity index (χ3v) is 9.58. The molecule has 1 saturated carbocycles. The van der Waals surface area contributed by atoms with Crippen LogP contribution in [0.3, 0.4) is 0 Å². The van der Waals surface area contributed by atoms with Crippen LogP contribution in [-0.4, -0.2) is 72.1 Å². The number of carbonyl (C=O) groups is 1. The summed E-state index contributed by atoms with van der Waals surface area (Å²) in [4.78, 5) is 35.4. The van der Waals surface area contributed by atoms with Crippen molar-refractivity contribution in [3.8, 4) is 0 Å². The third kappa shape index (κ3) is 4.80. The number of aromatic nitrogens is 6. The third-order valence-electron chi connectivity index (χ3n) is 8.85. The van der Waals surface area contributed by atoms with Gasteiger partial charge in [0.2, 0.25) is 0 Å².